The van der Waals surface area contributed by atoms with Crippen LogP contribution < -0.4 is 5.32 Å². The van der Waals surface area contributed by atoms with Crippen molar-refractivity contribution in [1.82, 2.24) is 20.5 Å². The molecule has 1 aliphatic rings. The topological polar surface area (TPSA) is 80.9 Å². The quantitative estimate of drug-likeness (QED) is 0.456. The first kappa shape index (κ1) is 18.8. The Labute approximate surface area is 178 Å². The largest absolute Gasteiger partial charge is 0.420 e. The van der Waals surface area contributed by atoms with Gasteiger partial charge in [-0.2, -0.15) is 0 Å². The lowest BCUT2D eigenvalue weighted by atomic mass is 10.1. The molecular formula is C23H20N4O2S. The fourth-order valence-corrected chi connectivity index (χ4v) is 3.92. The number of carbonyl (C=O) groups is 1. The highest BCUT2D eigenvalue weighted by atomic mass is 32.2. The van der Waals surface area contributed by atoms with Gasteiger partial charge in [0.05, 0.1) is 21.9 Å². The Bertz CT molecular complexity index is 1220. The second kappa shape index (κ2) is 7.91. The number of aryl methyl sites for hydroxylation is 1. The highest BCUT2D eigenvalue weighted by molar-refractivity contribution is 7.98. The minimum Gasteiger partial charge on any atom is -0.420 e. The molecular weight excluding hydrogens is 396 g/mol. The Morgan fingerprint density at radius 1 is 1.13 bits per heavy atom. The molecule has 2 aromatic heterocycles. The molecule has 1 saturated carbocycles. The molecule has 2 heterocycles. The first-order valence-corrected chi connectivity index (χ1v) is 10.9. The molecule has 6 nitrogen and oxygen atoms in total. The Balaban J connectivity index is 1.36. The van der Waals surface area contributed by atoms with Crippen molar-refractivity contribution < 1.29 is 9.21 Å². The second-order valence-electron chi connectivity index (χ2n) is 7.43. The Hall–Kier alpha value is -3.19. The molecule has 150 valence electrons. The van der Waals surface area contributed by atoms with Crippen LogP contribution in [0.25, 0.3) is 22.4 Å². The zero-order valence-corrected chi connectivity index (χ0v) is 17.3. The number of amides is 1. The van der Waals surface area contributed by atoms with E-state index in [2.05, 4.69) is 15.5 Å². The number of benzene rings is 2. The normalized spacial score (nSPS) is 13.5. The summed E-state index contributed by atoms with van der Waals surface area (Å²) < 4.78 is 5.81. The molecule has 1 aliphatic carbocycles. The van der Waals surface area contributed by atoms with Gasteiger partial charge in [-0.15, -0.1) is 10.2 Å². The van der Waals surface area contributed by atoms with Crippen LogP contribution in [-0.2, 0) is 5.75 Å². The van der Waals surface area contributed by atoms with Crippen LogP contribution in [0.15, 0.2) is 64.0 Å². The van der Waals surface area contributed by atoms with Crippen molar-refractivity contribution >= 4 is 28.6 Å². The van der Waals surface area contributed by atoms with E-state index in [-0.39, 0.29) is 5.91 Å². The predicted octanol–water partition coefficient (Wildman–Crippen LogP) is 4.78. The zero-order chi connectivity index (χ0) is 20.5. The number of aromatic nitrogens is 3. The summed E-state index contributed by atoms with van der Waals surface area (Å²) in [6, 6.07) is 17.8. The van der Waals surface area contributed by atoms with Gasteiger partial charge in [-0.1, -0.05) is 47.7 Å². The molecule has 7 heteroatoms. The van der Waals surface area contributed by atoms with Gasteiger partial charge in [0, 0.05) is 17.0 Å². The molecule has 2 aromatic carbocycles. The molecule has 30 heavy (non-hydrogen) atoms. The summed E-state index contributed by atoms with van der Waals surface area (Å²) in [5.41, 5.74) is 3.53. The lowest BCUT2D eigenvalue weighted by Gasteiger charge is -2.09. The van der Waals surface area contributed by atoms with Gasteiger partial charge in [0.1, 0.15) is 0 Å². The minimum atomic E-state index is -0.0441. The van der Waals surface area contributed by atoms with Crippen LogP contribution in [-0.4, -0.2) is 27.1 Å². The summed E-state index contributed by atoms with van der Waals surface area (Å²) in [6.45, 7) is 2.04. The van der Waals surface area contributed by atoms with Crippen molar-refractivity contribution in [2.24, 2.45) is 0 Å². The van der Waals surface area contributed by atoms with Crippen LogP contribution in [0.4, 0.5) is 0 Å². The number of hydrogen-bond acceptors (Lipinski definition) is 6. The maximum Gasteiger partial charge on any atom is 0.252 e. The first-order chi connectivity index (χ1) is 14.7. The van der Waals surface area contributed by atoms with Gasteiger partial charge in [0.15, 0.2) is 0 Å². The van der Waals surface area contributed by atoms with Crippen molar-refractivity contribution in [3.8, 4) is 11.5 Å². The molecule has 0 aliphatic heterocycles. The third-order valence-electron chi connectivity index (χ3n) is 4.96. The van der Waals surface area contributed by atoms with Gasteiger partial charge in [-0.05, 0) is 44.0 Å². The summed E-state index contributed by atoms with van der Waals surface area (Å²) in [5, 5.41) is 13.0. The van der Waals surface area contributed by atoms with Gasteiger partial charge in [0.25, 0.3) is 5.91 Å². The van der Waals surface area contributed by atoms with E-state index in [4.69, 9.17) is 9.40 Å². The smallest absolute Gasteiger partial charge is 0.252 e. The maximum absolute atomic E-state index is 12.7. The lowest BCUT2D eigenvalue weighted by Crippen LogP contribution is -2.25. The molecule has 1 fully saturated rings. The number of fused-ring (bicyclic) bond motifs is 1. The zero-order valence-electron chi connectivity index (χ0n) is 16.5. The molecule has 0 unspecified atom stereocenters. The summed E-state index contributed by atoms with van der Waals surface area (Å²) >= 11 is 1.48. The standard InChI is InChI=1S/C23H20N4O2S/c1-14-6-8-15(9-7-14)23-27-26-20(29-23)13-30-21-12-18(22(28)24-16-10-11-16)17-4-2-3-5-19(17)25-21/h2-9,12,16H,10-11,13H2,1H3,(H,24,28). The first-order valence-electron chi connectivity index (χ1n) is 9.88. The van der Waals surface area contributed by atoms with Crippen molar-refractivity contribution in [3.63, 3.8) is 0 Å². The average molecular weight is 417 g/mol. The van der Waals surface area contributed by atoms with E-state index in [1.807, 2.05) is 61.5 Å². The minimum absolute atomic E-state index is 0.0441. The lowest BCUT2D eigenvalue weighted by molar-refractivity contribution is 0.0952. The number of nitrogens with zero attached hydrogens (tertiary/aromatic N) is 3. The number of pyridine rings is 1. The maximum atomic E-state index is 12.7. The molecule has 0 atom stereocenters. The van der Waals surface area contributed by atoms with Crippen molar-refractivity contribution in [2.75, 3.05) is 0 Å². The summed E-state index contributed by atoms with van der Waals surface area (Å²) in [4.78, 5) is 17.4. The summed E-state index contributed by atoms with van der Waals surface area (Å²) in [5.74, 6) is 1.46. The van der Waals surface area contributed by atoms with Gasteiger partial charge >= 0.3 is 0 Å². The molecule has 4 aromatic rings. The number of thioether (sulfide) groups is 1. The molecule has 0 radical (unpaired) electrons. The van der Waals surface area contributed by atoms with Gasteiger partial charge in [0.2, 0.25) is 11.8 Å². The Morgan fingerprint density at radius 2 is 1.93 bits per heavy atom. The molecule has 5 rings (SSSR count). The van der Waals surface area contributed by atoms with E-state index in [9.17, 15) is 4.79 Å². The molecule has 0 bridgehead atoms. The van der Waals surface area contributed by atoms with Gasteiger partial charge in [-0.3, -0.25) is 4.79 Å². The monoisotopic (exact) mass is 416 g/mol. The van der Waals surface area contributed by atoms with Crippen LogP contribution in [0.1, 0.15) is 34.7 Å². The van der Waals surface area contributed by atoms with E-state index in [0.717, 1.165) is 34.3 Å². The number of para-hydroxylation sites is 1. The SMILES string of the molecule is Cc1ccc(-c2nnc(CSc3cc(C(=O)NC4CC4)c4ccccc4n3)o2)cc1. The number of nitrogens with one attached hydrogen (secondary N) is 1. The van der Waals surface area contributed by atoms with E-state index in [0.29, 0.717) is 29.1 Å². The van der Waals surface area contributed by atoms with Crippen molar-refractivity contribution in [2.45, 2.75) is 36.6 Å². The highest BCUT2D eigenvalue weighted by Crippen LogP contribution is 2.28. The van der Waals surface area contributed by atoms with Crippen molar-refractivity contribution in [1.29, 1.82) is 0 Å². The van der Waals surface area contributed by atoms with E-state index >= 15 is 0 Å². The van der Waals surface area contributed by atoms with Crippen molar-refractivity contribution in [3.05, 3.63) is 71.6 Å². The molecule has 1 amide bonds. The average Bonchev–Trinajstić information content (AvgIpc) is 3.45. The number of rotatable bonds is 6. The third-order valence-corrected chi connectivity index (χ3v) is 5.85. The third kappa shape index (κ3) is 4.07. The van der Waals surface area contributed by atoms with Gasteiger partial charge < -0.3 is 9.73 Å². The van der Waals surface area contributed by atoms with Crippen LogP contribution in [0, 0.1) is 6.92 Å². The Kier molecular flexibility index (Phi) is 4.96. The van der Waals surface area contributed by atoms with Crippen LogP contribution in [0.2, 0.25) is 0 Å². The summed E-state index contributed by atoms with van der Waals surface area (Å²) in [7, 11) is 0. The molecule has 0 saturated heterocycles. The fraction of sp³-hybridized carbons (Fsp3) is 0.217. The second-order valence-corrected chi connectivity index (χ2v) is 8.42. The summed E-state index contributed by atoms with van der Waals surface area (Å²) in [6.07, 6.45) is 2.10. The number of carbonyl (C=O) groups excluding carboxylic acids is 1. The predicted molar refractivity (Wildman–Crippen MR) is 116 cm³/mol. The molecule has 0 spiro atoms. The van der Waals surface area contributed by atoms with E-state index in [1.54, 1.807) is 0 Å². The molecule has 1 N–H and O–H groups in total. The highest BCUT2D eigenvalue weighted by Gasteiger charge is 2.25. The number of hydrogen-bond donors (Lipinski definition) is 1. The fourth-order valence-electron chi connectivity index (χ4n) is 3.16. The van der Waals surface area contributed by atoms with E-state index < -0.39 is 0 Å². The Morgan fingerprint density at radius 3 is 2.73 bits per heavy atom. The van der Waals surface area contributed by atoms with Gasteiger partial charge in [-0.25, -0.2) is 4.98 Å². The van der Waals surface area contributed by atoms with Crippen LogP contribution >= 0.6 is 11.8 Å². The van der Waals surface area contributed by atoms with Crippen LogP contribution in [0.3, 0.4) is 0 Å². The van der Waals surface area contributed by atoms with E-state index in [1.165, 1.54) is 17.3 Å². The van der Waals surface area contributed by atoms with Crippen LogP contribution in [0.5, 0.6) is 0 Å².